The standard InChI is InChI=1S/C11H26N2/c1-6-10(4)13(5)11(7-2,8-3)9-12/h10H,6-9,12H2,1-5H3. The van der Waals surface area contributed by atoms with Crippen molar-refractivity contribution >= 4 is 0 Å². The van der Waals surface area contributed by atoms with Gasteiger partial charge in [0.1, 0.15) is 0 Å². The summed E-state index contributed by atoms with van der Waals surface area (Å²) >= 11 is 0. The van der Waals surface area contributed by atoms with Gasteiger partial charge in [-0.3, -0.25) is 4.90 Å². The maximum absolute atomic E-state index is 5.88. The maximum Gasteiger partial charge on any atom is 0.0326 e. The van der Waals surface area contributed by atoms with Gasteiger partial charge in [-0.05, 0) is 33.2 Å². The fraction of sp³-hybridized carbons (Fsp3) is 1.00. The third-order valence-electron chi connectivity index (χ3n) is 3.70. The molecule has 0 saturated heterocycles. The summed E-state index contributed by atoms with van der Waals surface area (Å²) in [5, 5.41) is 0. The third-order valence-corrected chi connectivity index (χ3v) is 3.70. The Bertz CT molecular complexity index is 122. The van der Waals surface area contributed by atoms with E-state index in [2.05, 4.69) is 39.6 Å². The molecule has 2 N–H and O–H groups in total. The molecule has 13 heavy (non-hydrogen) atoms. The van der Waals surface area contributed by atoms with Gasteiger partial charge in [0, 0.05) is 18.1 Å². The van der Waals surface area contributed by atoms with Gasteiger partial charge >= 0.3 is 0 Å². The number of hydrogen-bond donors (Lipinski definition) is 1. The van der Waals surface area contributed by atoms with Crippen LogP contribution in [0.2, 0.25) is 0 Å². The van der Waals surface area contributed by atoms with Crippen LogP contribution >= 0.6 is 0 Å². The zero-order valence-corrected chi connectivity index (χ0v) is 9.93. The summed E-state index contributed by atoms with van der Waals surface area (Å²) < 4.78 is 0. The highest BCUT2D eigenvalue weighted by atomic mass is 15.2. The summed E-state index contributed by atoms with van der Waals surface area (Å²) in [6, 6.07) is 0.628. The Balaban J connectivity index is 4.52. The van der Waals surface area contributed by atoms with Crippen LogP contribution in [0.15, 0.2) is 0 Å². The second-order valence-corrected chi connectivity index (χ2v) is 4.00. The Kier molecular flexibility index (Phi) is 5.57. The van der Waals surface area contributed by atoms with Gasteiger partial charge in [0.25, 0.3) is 0 Å². The molecule has 0 fully saturated rings. The molecule has 2 heteroatoms. The molecule has 0 radical (unpaired) electrons. The van der Waals surface area contributed by atoms with Gasteiger partial charge < -0.3 is 5.73 Å². The molecule has 0 heterocycles. The molecule has 0 aromatic carbocycles. The quantitative estimate of drug-likeness (QED) is 0.689. The first kappa shape index (κ1) is 12.9. The average Bonchev–Trinajstić information content (AvgIpc) is 2.20. The van der Waals surface area contributed by atoms with E-state index in [0.717, 1.165) is 19.4 Å². The molecule has 0 aliphatic heterocycles. The molecule has 1 unspecified atom stereocenters. The van der Waals surface area contributed by atoms with Crippen molar-refractivity contribution < 1.29 is 0 Å². The highest BCUT2D eigenvalue weighted by molar-refractivity contribution is 4.89. The van der Waals surface area contributed by atoms with Gasteiger partial charge in [-0.1, -0.05) is 20.8 Å². The Morgan fingerprint density at radius 3 is 1.92 bits per heavy atom. The first-order chi connectivity index (χ1) is 6.07. The van der Waals surface area contributed by atoms with E-state index in [9.17, 15) is 0 Å². The third kappa shape index (κ3) is 2.68. The molecule has 80 valence electrons. The van der Waals surface area contributed by atoms with Crippen molar-refractivity contribution in [3.8, 4) is 0 Å². The van der Waals surface area contributed by atoms with Crippen molar-refractivity contribution in [1.82, 2.24) is 4.90 Å². The maximum atomic E-state index is 5.88. The van der Waals surface area contributed by atoms with Crippen LogP contribution in [-0.4, -0.2) is 30.1 Å². The van der Waals surface area contributed by atoms with E-state index in [1.165, 1.54) is 6.42 Å². The predicted molar refractivity (Wildman–Crippen MR) is 59.9 cm³/mol. The lowest BCUT2D eigenvalue weighted by Gasteiger charge is -2.43. The highest BCUT2D eigenvalue weighted by Gasteiger charge is 2.31. The minimum Gasteiger partial charge on any atom is -0.329 e. The van der Waals surface area contributed by atoms with E-state index in [4.69, 9.17) is 5.73 Å². The molecule has 0 spiro atoms. The Labute approximate surface area is 83.5 Å². The normalized spacial score (nSPS) is 15.0. The van der Waals surface area contributed by atoms with Crippen LogP contribution in [0.5, 0.6) is 0 Å². The van der Waals surface area contributed by atoms with Crippen molar-refractivity contribution in [2.75, 3.05) is 13.6 Å². The van der Waals surface area contributed by atoms with Gasteiger partial charge in [-0.15, -0.1) is 0 Å². The Morgan fingerprint density at radius 1 is 1.23 bits per heavy atom. The monoisotopic (exact) mass is 186 g/mol. The molecule has 0 aliphatic rings. The molecule has 0 rings (SSSR count). The van der Waals surface area contributed by atoms with Gasteiger partial charge in [-0.25, -0.2) is 0 Å². The SMILES string of the molecule is CCC(C)N(C)C(CC)(CC)CN. The largest absolute Gasteiger partial charge is 0.329 e. The smallest absolute Gasteiger partial charge is 0.0326 e. The van der Waals surface area contributed by atoms with Gasteiger partial charge in [0.15, 0.2) is 0 Å². The second-order valence-electron chi connectivity index (χ2n) is 4.00. The molecule has 0 amide bonds. The van der Waals surface area contributed by atoms with Crippen LogP contribution in [-0.2, 0) is 0 Å². The molecule has 0 aromatic heterocycles. The van der Waals surface area contributed by atoms with Crippen molar-refractivity contribution in [3.05, 3.63) is 0 Å². The molecular formula is C11H26N2. The molecule has 0 aliphatic carbocycles. The zero-order chi connectivity index (χ0) is 10.5. The average molecular weight is 186 g/mol. The minimum atomic E-state index is 0.218. The van der Waals surface area contributed by atoms with Gasteiger partial charge in [-0.2, -0.15) is 0 Å². The topological polar surface area (TPSA) is 29.3 Å². The van der Waals surface area contributed by atoms with E-state index in [1.807, 2.05) is 0 Å². The van der Waals surface area contributed by atoms with Crippen molar-refractivity contribution in [2.45, 2.75) is 58.5 Å². The fourth-order valence-electron chi connectivity index (χ4n) is 1.92. The predicted octanol–water partition coefficient (Wildman–Crippen LogP) is 2.23. The van der Waals surface area contributed by atoms with E-state index in [1.54, 1.807) is 0 Å². The summed E-state index contributed by atoms with van der Waals surface area (Å²) in [6.07, 6.45) is 3.47. The van der Waals surface area contributed by atoms with Crippen molar-refractivity contribution in [3.63, 3.8) is 0 Å². The van der Waals surface area contributed by atoms with Crippen LogP contribution in [0, 0.1) is 0 Å². The molecular weight excluding hydrogens is 160 g/mol. The van der Waals surface area contributed by atoms with Crippen LogP contribution < -0.4 is 5.73 Å². The van der Waals surface area contributed by atoms with E-state index < -0.39 is 0 Å². The highest BCUT2D eigenvalue weighted by Crippen LogP contribution is 2.24. The molecule has 0 saturated carbocycles. The lowest BCUT2D eigenvalue weighted by Crippen LogP contribution is -2.54. The van der Waals surface area contributed by atoms with Crippen molar-refractivity contribution in [2.24, 2.45) is 5.73 Å². The summed E-state index contributed by atoms with van der Waals surface area (Å²) in [5.74, 6) is 0. The Hall–Kier alpha value is -0.0800. The van der Waals surface area contributed by atoms with Crippen molar-refractivity contribution in [1.29, 1.82) is 0 Å². The lowest BCUT2D eigenvalue weighted by atomic mass is 9.89. The first-order valence-electron chi connectivity index (χ1n) is 5.50. The van der Waals surface area contributed by atoms with Crippen LogP contribution in [0.4, 0.5) is 0 Å². The van der Waals surface area contributed by atoms with Gasteiger partial charge in [0.2, 0.25) is 0 Å². The molecule has 0 bridgehead atoms. The van der Waals surface area contributed by atoms with E-state index >= 15 is 0 Å². The lowest BCUT2D eigenvalue weighted by molar-refractivity contribution is 0.0744. The van der Waals surface area contributed by atoms with E-state index in [0.29, 0.717) is 6.04 Å². The second kappa shape index (κ2) is 5.61. The fourth-order valence-corrected chi connectivity index (χ4v) is 1.92. The van der Waals surface area contributed by atoms with Crippen LogP contribution in [0.1, 0.15) is 47.0 Å². The number of nitrogens with zero attached hydrogens (tertiary/aromatic N) is 1. The number of hydrogen-bond acceptors (Lipinski definition) is 2. The number of likely N-dealkylation sites (N-methyl/N-ethyl adjacent to an activating group) is 1. The van der Waals surface area contributed by atoms with Crippen LogP contribution in [0.3, 0.4) is 0 Å². The summed E-state index contributed by atoms with van der Waals surface area (Å²) in [7, 11) is 2.20. The summed E-state index contributed by atoms with van der Waals surface area (Å²) in [6.45, 7) is 9.73. The summed E-state index contributed by atoms with van der Waals surface area (Å²) in [4.78, 5) is 2.45. The molecule has 0 aromatic rings. The zero-order valence-electron chi connectivity index (χ0n) is 9.93. The molecule has 2 nitrogen and oxygen atoms in total. The number of nitrogens with two attached hydrogens (primary N) is 1. The van der Waals surface area contributed by atoms with Gasteiger partial charge in [0.05, 0.1) is 0 Å². The first-order valence-corrected chi connectivity index (χ1v) is 5.50. The summed E-state index contributed by atoms with van der Waals surface area (Å²) in [5.41, 5.74) is 6.10. The van der Waals surface area contributed by atoms with Crippen LogP contribution in [0.25, 0.3) is 0 Å². The van der Waals surface area contributed by atoms with E-state index in [-0.39, 0.29) is 5.54 Å². The molecule has 1 atom stereocenters. The minimum absolute atomic E-state index is 0.218. The number of rotatable bonds is 6. The Morgan fingerprint density at radius 2 is 1.69 bits per heavy atom.